The number of benzene rings is 1. The number of nitrogens with zero attached hydrogens (tertiary/aromatic N) is 2. The van der Waals surface area contributed by atoms with Crippen LogP contribution in [0.2, 0.25) is 0 Å². The molecule has 138 valence electrons. The van der Waals surface area contributed by atoms with Gasteiger partial charge in [0, 0.05) is 10.6 Å². The molecule has 6 heteroatoms. The third-order valence-corrected chi connectivity index (χ3v) is 5.99. The molecule has 27 heavy (non-hydrogen) atoms. The molecule has 0 saturated heterocycles. The molecule has 1 atom stereocenters. The van der Waals surface area contributed by atoms with Crippen molar-refractivity contribution in [3.8, 4) is 12.1 Å². The second kappa shape index (κ2) is 8.70. The Bertz CT molecular complexity index is 902. The molecule has 1 aromatic heterocycles. The van der Waals surface area contributed by atoms with Gasteiger partial charge in [0.05, 0.1) is 18.1 Å². The highest BCUT2D eigenvalue weighted by atomic mass is 32.1. The molecule has 0 aliphatic heterocycles. The van der Waals surface area contributed by atoms with Crippen LogP contribution in [0.3, 0.4) is 0 Å². The SMILES string of the molecule is C[C@@H](Nc1ccc(CC#N)cc1)C(=O)Nc1sc2c(c1C#N)CCCCC2. The second-order valence-corrected chi connectivity index (χ2v) is 7.87. The van der Waals surface area contributed by atoms with Gasteiger partial charge in [-0.3, -0.25) is 4.79 Å². The average molecular weight is 379 g/mol. The molecule has 0 bridgehead atoms. The maximum absolute atomic E-state index is 12.6. The van der Waals surface area contributed by atoms with E-state index in [1.54, 1.807) is 18.3 Å². The topological polar surface area (TPSA) is 88.7 Å². The average Bonchev–Trinajstić information content (AvgIpc) is 2.83. The Balaban J connectivity index is 1.68. The summed E-state index contributed by atoms with van der Waals surface area (Å²) in [6.07, 6.45) is 5.73. The van der Waals surface area contributed by atoms with Gasteiger partial charge in [-0.25, -0.2) is 0 Å². The lowest BCUT2D eigenvalue weighted by Crippen LogP contribution is -2.31. The van der Waals surface area contributed by atoms with Crippen LogP contribution in [-0.2, 0) is 24.1 Å². The standard InChI is InChI=1S/C21H22N4OS/c1-14(24-16-9-7-15(8-10-16)11-12-22)20(26)25-21-18(13-23)17-5-3-2-4-6-19(17)27-21/h7-10,14,24H,2-6,11H2,1H3,(H,25,26)/t14-/m1/s1. The van der Waals surface area contributed by atoms with Crippen molar-refractivity contribution in [3.63, 3.8) is 0 Å². The maximum Gasteiger partial charge on any atom is 0.247 e. The lowest BCUT2D eigenvalue weighted by Gasteiger charge is -2.15. The zero-order chi connectivity index (χ0) is 19.2. The smallest absolute Gasteiger partial charge is 0.247 e. The number of hydrogen-bond donors (Lipinski definition) is 2. The minimum absolute atomic E-state index is 0.163. The largest absolute Gasteiger partial charge is 0.374 e. The van der Waals surface area contributed by atoms with Gasteiger partial charge in [0.15, 0.2) is 0 Å². The second-order valence-electron chi connectivity index (χ2n) is 6.77. The van der Waals surface area contributed by atoms with Gasteiger partial charge in [-0.05, 0) is 55.9 Å². The van der Waals surface area contributed by atoms with Crippen molar-refractivity contribution in [2.45, 2.75) is 51.5 Å². The summed E-state index contributed by atoms with van der Waals surface area (Å²) >= 11 is 1.55. The third kappa shape index (κ3) is 4.48. The number of nitrogens with one attached hydrogen (secondary N) is 2. The van der Waals surface area contributed by atoms with Crippen LogP contribution in [0.15, 0.2) is 24.3 Å². The van der Waals surface area contributed by atoms with E-state index in [2.05, 4.69) is 22.8 Å². The zero-order valence-corrected chi connectivity index (χ0v) is 16.2. The van der Waals surface area contributed by atoms with E-state index in [1.165, 1.54) is 11.3 Å². The maximum atomic E-state index is 12.6. The summed E-state index contributed by atoms with van der Waals surface area (Å²) < 4.78 is 0. The Labute approximate surface area is 163 Å². The van der Waals surface area contributed by atoms with Crippen molar-refractivity contribution < 1.29 is 4.79 Å². The fraction of sp³-hybridized carbons (Fsp3) is 0.381. The summed E-state index contributed by atoms with van der Waals surface area (Å²) in [5, 5.41) is 25.1. The van der Waals surface area contributed by atoms with E-state index in [0.717, 1.165) is 42.5 Å². The first-order chi connectivity index (χ1) is 13.1. The van der Waals surface area contributed by atoms with Crippen molar-refractivity contribution in [2.24, 2.45) is 0 Å². The number of carbonyl (C=O) groups excluding carboxylic acids is 1. The quantitative estimate of drug-likeness (QED) is 0.755. The van der Waals surface area contributed by atoms with Gasteiger partial charge in [0.25, 0.3) is 0 Å². The van der Waals surface area contributed by atoms with E-state index >= 15 is 0 Å². The number of aryl methyl sites for hydroxylation is 1. The molecule has 5 nitrogen and oxygen atoms in total. The number of hydrogen-bond acceptors (Lipinski definition) is 5. The van der Waals surface area contributed by atoms with Crippen LogP contribution < -0.4 is 10.6 Å². The molecule has 0 unspecified atom stereocenters. The number of anilines is 2. The summed E-state index contributed by atoms with van der Waals surface area (Å²) in [5.74, 6) is -0.163. The van der Waals surface area contributed by atoms with Gasteiger partial charge in [0.1, 0.15) is 17.1 Å². The lowest BCUT2D eigenvalue weighted by atomic mass is 10.1. The summed E-state index contributed by atoms with van der Waals surface area (Å²) in [5.41, 5.74) is 3.53. The third-order valence-electron chi connectivity index (χ3n) is 4.78. The van der Waals surface area contributed by atoms with Crippen molar-refractivity contribution in [3.05, 3.63) is 45.8 Å². The van der Waals surface area contributed by atoms with Gasteiger partial charge >= 0.3 is 0 Å². The van der Waals surface area contributed by atoms with E-state index in [1.807, 2.05) is 24.3 Å². The van der Waals surface area contributed by atoms with Crippen LogP contribution in [0.25, 0.3) is 0 Å². The molecule has 0 spiro atoms. The Morgan fingerprint density at radius 2 is 1.93 bits per heavy atom. The number of fused-ring (bicyclic) bond motifs is 1. The molecule has 1 aliphatic carbocycles. The Morgan fingerprint density at radius 3 is 2.63 bits per heavy atom. The molecular formula is C21H22N4OS. The fourth-order valence-corrected chi connectivity index (χ4v) is 4.54. The monoisotopic (exact) mass is 378 g/mol. The number of carbonyl (C=O) groups is 1. The Kier molecular flexibility index (Phi) is 6.11. The minimum Gasteiger partial charge on any atom is -0.374 e. The first-order valence-electron chi connectivity index (χ1n) is 9.20. The molecule has 2 N–H and O–H groups in total. The number of rotatable bonds is 5. The molecule has 1 heterocycles. The van der Waals surface area contributed by atoms with E-state index in [4.69, 9.17) is 5.26 Å². The van der Waals surface area contributed by atoms with Crippen LogP contribution >= 0.6 is 11.3 Å². The molecule has 0 fully saturated rings. The Morgan fingerprint density at radius 1 is 1.19 bits per heavy atom. The summed E-state index contributed by atoms with van der Waals surface area (Å²) in [6.45, 7) is 1.79. The highest BCUT2D eigenvalue weighted by Crippen LogP contribution is 2.37. The van der Waals surface area contributed by atoms with Crippen LogP contribution in [-0.4, -0.2) is 11.9 Å². The van der Waals surface area contributed by atoms with E-state index in [-0.39, 0.29) is 5.91 Å². The van der Waals surface area contributed by atoms with E-state index in [9.17, 15) is 10.1 Å². The van der Waals surface area contributed by atoms with Gasteiger partial charge in [0.2, 0.25) is 5.91 Å². The summed E-state index contributed by atoms with van der Waals surface area (Å²) in [7, 11) is 0. The predicted octanol–water partition coefficient (Wildman–Crippen LogP) is 4.39. The lowest BCUT2D eigenvalue weighted by molar-refractivity contribution is -0.116. The fourth-order valence-electron chi connectivity index (χ4n) is 3.29. The number of amides is 1. The molecule has 0 saturated carbocycles. The van der Waals surface area contributed by atoms with Gasteiger partial charge < -0.3 is 10.6 Å². The first kappa shape index (κ1) is 18.9. The van der Waals surface area contributed by atoms with Crippen LogP contribution in [0.1, 0.15) is 47.8 Å². The molecule has 1 aliphatic rings. The van der Waals surface area contributed by atoms with Crippen LogP contribution in [0.4, 0.5) is 10.7 Å². The molecule has 1 aromatic carbocycles. The number of thiophene rings is 1. The summed E-state index contributed by atoms with van der Waals surface area (Å²) in [6, 6.07) is 11.4. The van der Waals surface area contributed by atoms with Crippen LogP contribution in [0, 0.1) is 22.7 Å². The van der Waals surface area contributed by atoms with E-state index < -0.39 is 6.04 Å². The van der Waals surface area contributed by atoms with Gasteiger partial charge in [-0.15, -0.1) is 11.3 Å². The highest BCUT2D eigenvalue weighted by Gasteiger charge is 2.22. The molecule has 2 aromatic rings. The normalized spacial score (nSPS) is 14.2. The van der Waals surface area contributed by atoms with Crippen molar-refractivity contribution in [1.29, 1.82) is 10.5 Å². The molecule has 1 amide bonds. The van der Waals surface area contributed by atoms with E-state index in [0.29, 0.717) is 17.0 Å². The summed E-state index contributed by atoms with van der Waals surface area (Å²) in [4.78, 5) is 13.9. The number of nitriles is 2. The van der Waals surface area contributed by atoms with Crippen molar-refractivity contribution in [2.75, 3.05) is 10.6 Å². The molecular weight excluding hydrogens is 356 g/mol. The predicted molar refractivity (Wildman–Crippen MR) is 108 cm³/mol. The molecule has 0 radical (unpaired) electrons. The van der Waals surface area contributed by atoms with Crippen molar-refractivity contribution in [1.82, 2.24) is 0 Å². The van der Waals surface area contributed by atoms with Gasteiger partial charge in [-0.1, -0.05) is 18.6 Å². The van der Waals surface area contributed by atoms with Gasteiger partial charge in [-0.2, -0.15) is 10.5 Å². The van der Waals surface area contributed by atoms with Crippen molar-refractivity contribution >= 4 is 27.9 Å². The Hall–Kier alpha value is -2.83. The molecule has 3 rings (SSSR count). The van der Waals surface area contributed by atoms with Crippen LogP contribution in [0.5, 0.6) is 0 Å². The first-order valence-corrected chi connectivity index (χ1v) is 10.0. The minimum atomic E-state index is -0.444. The zero-order valence-electron chi connectivity index (χ0n) is 15.3. The highest BCUT2D eigenvalue weighted by molar-refractivity contribution is 7.16.